The van der Waals surface area contributed by atoms with Gasteiger partial charge in [0, 0.05) is 17.1 Å². The molecule has 1 aliphatic carbocycles. The summed E-state index contributed by atoms with van der Waals surface area (Å²) in [4.78, 5) is 0. The highest BCUT2D eigenvalue weighted by molar-refractivity contribution is 6.35. The molecule has 118 valence electrons. The molecule has 0 heterocycles. The van der Waals surface area contributed by atoms with Crippen molar-refractivity contribution in [1.29, 1.82) is 0 Å². The van der Waals surface area contributed by atoms with Gasteiger partial charge in [-0.25, -0.2) is 0 Å². The van der Waals surface area contributed by atoms with Gasteiger partial charge in [0.1, 0.15) is 18.5 Å². The largest absolute Gasteiger partial charge is 0.489 e. The molecule has 1 atom stereocenters. The highest BCUT2D eigenvalue weighted by Crippen LogP contribution is 2.29. The fraction of sp³-hybridized carbons (Fsp3) is 0.600. The van der Waals surface area contributed by atoms with E-state index < -0.39 is 6.10 Å². The van der Waals surface area contributed by atoms with Gasteiger partial charge in [-0.2, -0.15) is 0 Å². The first-order valence-electron chi connectivity index (χ1n) is 7.16. The minimum Gasteiger partial charge on any atom is -0.489 e. The monoisotopic (exact) mass is 333 g/mol. The zero-order valence-corrected chi connectivity index (χ0v) is 13.3. The lowest BCUT2D eigenvalue weighted by atomic mass is 9.99. The third-order valence-corrected chi connectivity index (χ3v) is 4.43. The predicted octanol–water partition coefficient (Wildman–Crippen LogP) is 2.63. The van der Waals surface area contributed by atoms with Crippen molar-refractivity contribution in [2.75, 3.05) is 19.8 Å². The van der Waals surface area contributed by atoms with E-state index >= 15 is 0 Å². The second-order valence-electron chi connectivity index (χ2n) is 5.57. The van der Waals surface area contributed by atoms with Crippen molar-refractivity contribution in [1.82, 2.24) is 5.32 Å². The van der Waals surface area contributed by atoms with Gasteiger partial charge in [0.15, 0.2) is 0 Å². The number of hydrogen-bond donors (Lipinski definition) is 3. The zero-order valence-electron chi connectivity index (χ0n) is 11.8. The third kappa shape index (κ3) is 4.73. The molecule has 1 aromatic rings. The summed E-state index contributed by atoms with van der Waals surface area (Å²) in [7, 11) is 0. The first-order valence-corrected chi connectivity index (χ1v) is 7.92. The number of aliphatic hydroxyl groups is 2. The van der Waals surface area contributed by atoms with E-state index in [-0.39, 0.29) is 18.8 Å². The molecule has 3 N–H and O–H groups in total. The summed E-state index contributed by atoms with van der Waals surface area (Å²) in [5.74, 6) is 0.498. The van der Waals surface area contributed by atoms with E-state index in [0.717, 1.165) is 25.7 Å². The van der Waals surface area contributed by atoms with Gasteiger partial charge in [0.2, 0.25) is 0 Å². The maximum Gasteiger partial charge on any atom is 0.138 e. The van der Waals surface area contributed by atoms with Crippen LogP contribution in [0, 0.1) is 0 Å². The lowest BCUT2D eigenvalue weighted by molar-refractivity contribution is 0.0850. The second kappa shape index (κ2) is 7.65. The van der Waals surface area contributed by atoms with Gasteiger partial charge in [-0.3, -0.25) is 0 Å². The SMILES string of the molecule is OCC1(NCC(O)COc2ccc(Cl)cc2Cl)CCCC1. The third-order valence-electron chi connectivity index (χ3n) is 3.90. The smallest absolute Gasteiger partial charge is 0.138 e. The van der Waals surface area contributed by atoms with E-state index in [2.05, 4.69) is 5.32 Å². The summed E-state index contributed by atoms with van der Waals surface area (Å²) in [6.45, 7) is 0.616. The van der Waals surface area contributed by atoms with Gasteiger partial charge in [0.25, 0.3) is 0 Å². The van der Waals surface area contributed by atoms with Gasteiger partial charge in [0.05, 0.1) is 11.6 Å². The Balaban J connectivity index is 1.78. The van der Waals surface area contributed by atoms with Crippen molar-refractivity contribution in [3.63, 3.8) is 0 Å². The van der Waals surface area contributed by atoms with Crippen LogP contribution in [-0.2, 0) is 0 Å². The fourth-order valence-corrected chi connectivity index (χ4v) is 3.08. The van der Waals surface area contributed by atoms with Crippen LogP contribution in [0.2, 0.25) is 10.0 Å². The zero-order chi connectivity index (χ0) is 15.3. The van der Waals surface area contributed by atoms with Crippen LogP contribution in [0.15, 0.2) is 18.2 Å². The Morgan fingerprint density at radius 1 is 1.29 bits per heavy atom. The minimum atomic E-state index is -0.666. The average molecular weight is 334 g/mol. The molecule has 1 aromatic carbocycles. The van der Waals surface area contributed by atoms with Crippen molar-refractivity contribution in [3.05, 3.63) is 28.2 Å². The molecule has 4 nitrogen and oxygen atoms in total. The first kappa shape index (κ1) is 16.8. The maximum atomic E-state index is 9.99. The molecule has 21 heavy (non-hydrogen) atoms. The van der Waals surface area contributed by atoms with Crippen molar-refractivity contribution in [2.24, 2.45) is 0 Å². The molecular formula is C15H21Cl2NO3. The van der Waals surface area contributed by atoms with Gasteiger partial charge in [-0.15, -0.1) is 0 Å². The molecule has 1 fully saturated rings. The van der Waals surface area contributed by atoms with Crippen LogP contribution in [-0.4, -0.2) is 41.6 Å². The Labute approximate surface area is 135 Å². The second-order valence-corrected chi connectivity index (χ2v) is 6.41. The van der Waals surface area contributed by atoms with Crippen molar-refractivity contribution < 1.29 is 14.9 Å². The van der Waals surface area contributed by atoms with E-state index in [1.165, 1.54) is 0 Å². The number of benzene rings is 1. The van der Waals surface area contributed by atoms with E-state index in [4.69, 9.17) is 27.9 Å². The lowest BCUT2D eigenvalue weighted by Crippen LogP contribution is -2.49. The number of aliphatic hydroxyl groups excluding tert-OH is 2. The number of ether oxygens (including phenoxy) is 1. The summed E-state index contributed by atoms with van der Waals surface area (Å²) in [5, 5.41) is 23.7. The van der Waals surface area contributed by atoms with Crippen LogP contribution in [0.25, 0.3) is 0 Å². The molecule has 0 amide bonds. The fourth-order valence-electron chi connectivity index (χ4n) is 2.61. The van der Waals surface area contributed by atoms with Gasteiger partial charge in [-0.1, -0.05) is 36.0 Å². The van der Waals surface area contributed by atoms with Crippen LogP contribution < -0.4 is 10.1 Å². The van der Waals surface area contributed by atoms with Crippen LogP contribution in [0.1, 0.15) is 25.7 Å². The number of halogens is 2. The van der Waals surface area contributed by atoms with E-state index in [1.807, 2.05) is 0 Å². The minimum absolute atomic E-state index is 0.101. The number of rotatable bonds is 7. The molecule has 1 unspecified atom stereocenters. The molecule has 0 radical (unpaired) electrons. The van der Waals surface area contributed by atoms with Crippen LogP contribution in [0.4, 0.5) is 0 Å². The molecule has 1 saturated carbocycles. The van der Waals surface area contributed by atoms with Crippen molar-refractivity contribution in [3.8, 4) is 5.75 Å². The molecule has 0 bridgehead atoms. The molecule has 1 aliphatic rings. The van der Waals surface area contributed by atoms with Gasteiger partial charge < -0.3 is 20.3 Å². The lowest BCUT2D eigenvalue weighted by Gasteiger charge is -2.29. The van der Waals surface area contributed by atoms with Crippen LogP contribution in [0.5, 0.6) is 5.75 Å². The van der Waals surface area contributed by atoms with Crippen molar-refractivity contribution in [2.45, 2.75) is 37.3 Å². The Bertz CT molecular complexity index is 464. The standard InChI is InChI=1S/C15H21Cl2NO3/c16-11-3-4-14(13(17)7-11)21-9-12(20)8-18-15(10-19)5-1-2-6-15/h3-4,7,12,18-20H,1-2,5-6,8-10H2. The molecule has 6 heteroatoms. The highest BCUT2D eigenvalue weighted by Gasteiger charge is 2.32. The van der Waals surface area contributed by atoms with E-state index in [0.29, 0.717) is 22.3 Å². The summed E-state index contributed by atoms with van der Waals surface area (Å²) in [6.07, 6.45) is 3.45. The van der Waals surface area contributed by atoms with E-state index in [9.17, 15) is 10.2 Å². The van der Waals surface area contributed by atoms with Crippen LogP contribution >= 0.6 is 23.2 Å². The topological polar surface area (TPSA) is 61.7 Å². The highest BCUT2D eigenvalue weighted by atomic mass is 35.5. The normalized spacial score (nSPS) is 18.7. The Kier molecular flexibility index (Phi) is 6.14. The molecule has 0 aromatic heterocycles. The Morgan fingerprint density at radius 3 is 2.62 bits per heavy atom. The quantitative estimate of drug-likeness (QED) is 0.717. The van der Waals surface area contributed by atoms with Crippen LogP contribution in [0.3, 0.4) is 0 Å². The van der Waals surface area contributed by atoms with E-state index in [1.54, 1.807) is 18.2 Å². The number of β-amino-alcohol motifs (C(OH)–C–C–N with tert-alkyl or cyclic N) is 1. The summed E-state index contributed by atoms with van der Waals surface area (Å²) < 4.78 is 5.49. The maximum absolute atomic E-state index is 9.99. The molecule has 0 spiro atoms. The first-order chi connectivity index (χ1) is 10.0. The van der Waals surface area contributed by atoms with Crippen molar-refractivity contribution >= 4 is 23.2 Å². The molecule has 2 rings (SSSR count). The summed E-state index contributed by atoms with van der Waals surface area (Å²) in [5.41, 5.74) is -0.237. The summed E-state index contributed by atoms with van der Waals surface area (Å²) in [6, 6.07) is 4.96. The van der Waals surface area contributed by atoms with Gasteiger partial charge >= 0.3 is 0 Å². The molecule has 0 aliphatic heterocycles. The predicted molar refractivity (Wildman–Crippen MR) is 84.3 cm³/mol. The number of hydrogen-bond acceptors (Lipinski definition) is 4. The summed E-state index contributed by atoms with van der Waals surface area (Å²) >= 11 is 11.8. The Hall–Kier alpha value is -0.520. The molecule has 0 saturated heterocycles. The Morgan fingerprint density at radius 2 is 2.00 bits per heavy atom. The number of nitrogens with one attached hydrogen (secondary N) is 1. The van der Waals surface area contributed by atoms with Gasteiger partial charge in [-0.05, 0) is 31.0 Å². The molecular weight excluding hydrogens is 313 g/mol. The average Bonchev–Trinajstić information content (AvgIpc) is 2.94.